The normalized spacial score (nSPS) is 21.0. The molecule has 0 spiro atoms. The van der Waals surface area contributed by atoms with Gasteiger partial charge in [0.1, 0.15) is 0 Å². The van der Waals surface area contributed by atoms with Crippen LogP contribution in [0.25, 0.3) is 6.08 Å². The Hall–Kier alpha value is -1.92. The third-order valence-corrected chi connectivity index (χ3v) is 5.55. The second kappa shape index (κ2) is 6.67. The maximum absolute atomic E-state index is 12.0. The minimum Gasteiger partial charge on any atom is -0.400 e. The fourth-order valence-corrected chi connectivity index (χ4v) is 3.28. The molecule has 1 aliphatic heterocycles. The van der Waals surface area contributed by atoms with Crippen molar-refractivity contribution in [3.63, 3.8) is 0 Å². The Labute approximate surface area is 155 Å². The van der Waals surface area contributed by atoms with E-state index in [4.69, 9.17) is 9.31 Å². The lowest BCUT2D eigenvalue weighted by atomic mass is 9.76. The zero-order valence-electron chi connectivity index (χ0n) is 16.1. The van der Waals surface area contributed by atoms with E-state index in [1.165, 1.54) is 6.92 Å². The predicted octanol–water partition coefficient (Wildman–Crippen LogP) is 2.97. The molecule has 6 heteroatoms. The van der Waals surface area contributed by atoms with Crippen LogP contribution in [0, 0.1) is 0 Å². The second-order valence-electron chi connectivity index (χ2n) is 8.01. The van der Waals surface area contributed by atoms with Crippen molar-refractivity contribution in [2.24, 2.45) is 0 Å². The summed E-state index contributed by atoms with van der Waals surface area (Å²) < 4.78 is 12.3. The molecule has 1 amide bonds. The lowest BCUT2D eigenvalue weighted by Crippen LogP contribution is -2.41. The molecule has 1 fully saturated rings. The molecule has 0 saturated carbocycles. The highest BCUT2D eigenvalue weighted by Crippen LogP contribution is 2.39. The number of amides is 1. The zero-order chi connectivity index (χ0) is 19.1. The highest BCUT2D eigenvalue weighted by Gasteiger charge is 2.52. The topological polar surface area (TPSA) is 64.6 Å². The molecule has 5 nitrogen and oxygen atoms in total. The van der Waals surface area contributed by atoms with Gasteiger partial charge in [0.05, 0.1) is 11.2 Å². The minimum absolute atomic E-state index is 0.110. The van der Waals surface area contributed by atoms with Crippen LogP contribution in [0.1, 0.15) is 62.5 Å². The third kappa shape index (κ3) is 3.48. The lowest BCUT2D eigenvalue weighted by molar-refractivity contribution is -0.118. The number of carbonyl (C=O) groups is 2. The van der Waals surface area contributed by atoms with Gasteiger partial charge in [-0.2, -0.15) is 0 Å². The molecule has 0 bridgehead atoms. The van der Waals surface area contributed by atoms with Crippen LogP contribution in [0.3, 0.4) is 0 Å². The van der Waals surface area contributed by atoms with Crippen molar-refractivity contribution in [1.82, 2.24) is 5.32 Å². The largest absolute Gasteiger partial charge is 0.492 e. The molecule has 0 unspecified atom stereocenters. The number of nitrogens with one attached hydrogen (secondary N) is 1. The van der Waals surface area contributed by atoms with Crippen LogP contribution in [-0.4, -0.2) is 36.6 Å². The highest BCUT2D eigenvalue weighted by molar-refractivity contribution is 6.56. The van der Waals surface area contributed by atoms with Crippen LogP contribution >= 0.6 is 0 Å². The Morgan fingerprint density at radius 3 is 2.46 bits per heavy atom. The highest BCUT2D eigenvalue weighted by atomic mass is 16.7. The molecule has 1 aliphatic carbocycles. The van der Waals surface area contributed by atoms with Gasteiger partial charge in [-0.05, 0) is 50.7 Å². The van der Waals surface area contributed by atoms with Crippen LogP contribution in [0.2, 0.25) is 0 Å². The summed E-state index contributed by atoms with van der Waals surface area (Å²) in [5, 5.41) is 2.84. The fraction of sp³-hybridized carbons (Fsp3) is 0.500. The summed E-state index contributed by atoms with van der Waals surface area (Å²) in [4.78, 5) is 23.5. The smallest absolute Gasteiger partial charge is 0.400 e. The summed E-state index contributed by atoms with van der Waals surface area (Å²) in [6.45, 7) is 9.83. The Kier molecular flexibility index (Phi) is 4.84. The van der Waals surface area contributed by atoms with E-state index in [9.17, 15) is 9.59 Å². The van der Waals surface area contributed by atoms with Crippen LogP contribution in [0.4, 0.5) is 0 Å². The van der Waals surface area contributed by atoms with Crippen LogP contribution < -0.4 is 5.32 Å². The molecular weight excluding hydrogens is 329 g/mol. The van der Waals surface area contributed by atoms with Gasteiger partial charge in [-0.25, -0.2) is 0 Å². The van der Waals surface area contributed by atoms with Crippen LogP contribution in [-0.2, 0) is 20.5 Å². The molecule has 0 atom stereocenters. The van der Waals surface area contributed by atoms with E-state index in [2.05, 4.69) is 5.32 Å². The van der Waals surface area contributed by atoms with Crippen molar-refractivity contribution >= 4 is 24.9 Å². The summed E-state index contributed by atoms with van der Waals surface area (Å²) in [6, 6.07) is 5.77. The first kappa shape index (κ1) is 18.9. The van der Waals surface area contributed by atoms with Gasteiger partial charge in [0, 0.05) is 25.5 Å². The standard InChI is InChI=1S/C20H26BNO4/c1-13(23)22-12-15(21-25-19(2,3)20(4,5)26-21)11-14-7-6-8-17-16(14)9-10-18(17)24/h6-8,11H,9-10,12H2,1-5H3,(H,22,23). The average molecular weight is 355 g/mol. The van der Waals surface area contributed by atoms with Gasteiger partial charge >= 0.3 is 7.12 Å². The van der Waals surface area contributed by atoms with E-state index in [1.54, 1.807) is 0 Å². The number of hydrogen-bond donors (Lipinski definition) is 1. The summed E-state index contributed by atoms with van der Waals surface area (Å²) >= 11 is 0. The Bertz CT molecular complexity index is 766. The van der Waals surface area contributed by atoms with Gasteiger partial charge in [-0.15, -0.1) is 0 Å². The lowest BCUT2D eigenvalue weighted by Gasteiger charge is -2.32. The number of ketones is 1. The first-order valence-corrected chi connectivity index (χ1v) is 9.06. The third-order valence-electron chi connectivity index (χ3n) is 5.55. The number of fused-ring (bicyclic) bond motifs is 1. The van der Waals surface area contributed by atoms with Crippen molar-refractivity contribution in [3.8, 4) is 0 Å². The van der Waals surface area contributed by atoms with Crippen LogP contribution in [0.5, 0.6) is 0 Å². The van der Waals surface area contributed by atoms with E-state index >= 15 is 0 Å². The Morgan fingerprint density at radius 1 is 1.19 bits per heavy atom. The minimum atomic E-state index is -0.542. The van der Waals surface area contributed by atoms with Crippen molar-refractivity contribution in [3.05, 3.63) is 40.4 Å². The van der Waals surface area contributed by atoms with Gasteiger partial charge in [0.25, 0.3) is 0 Å². The summed E-state index contributed by atoms with van der Waals surface area (Å²) in [5.74, 6) is 0.0789. The van der Waals surface area contributed by atoms with E-state index in [0.717, 1.165) is 28.6 Å². The SMILES string of the molecule is CC(=O)NCC(=Cc1cccc2c1CCC2=O)B1OC(C)(C)C(C)(C)O1. The Balaban J connectivity index is 1.97. The van der Waals surface area contributed by atoms with Crippen molar-refractivity contribution in [2.75, 3.05) is 6.54 Å². The number of hydrogen-bond acceptors (Lipinski definition) is 4. The molecule has 1 N–H and O–H groups in total. The number of Topliss-reactive ketones (excluding diaryl/α,β-unsaturated/α-hetero) is 1. The Morgan fingerprint density at radius 2 is 1.85 bits per heavy atom. The van der Waals surface area contributed by atoms with Gasteiger partial charge in [-0.1, -0.05) is 24.3 Å². The monoisotopic (exact) mass is 355 g/mol. The maximum Gasteiger partial charge on any atom is 0.492 e. The average Bonchev–Trinajstić information content (AvgIpc) is 3.01. The molecule has 0 aromatic heterocycles. The second-order valence-corrected chi connectivity index (χ2v) is 8.01. The molecule has 0 radical (unpaired) electrons. The number of rotatable bonds is 4. The van der Waals surface area contributed by atoms with E-state index < -0.39 is 18.3 Å². The molecule has 138 valence electrons. The van der Waals surface area contributed by atoms with Gasteiger partial charge < -0.3 is 14.6 Å². The predicted molar refractivity (Wildman–Crippen MR) is 102 cm³/mol. The van der Waals surface area contributed by atoms with Crippen LogP contribution in [0.15, 0.2) is 23.7 Å². The molecule has 1 aromatic carbocycles. The number of benzene rings is 1. The van der Waals surface area contributed by atoms with E-state index in [1.807, 2.05) is 52.0 Å². The van der Waals surface area contributed by atoms with Crippen molar-refractivity contribution < 1.29 is 18.9 Å². The molecule has 1 aromatic rings. The van der Waals surface area contributed by atoms with Crippen molar-refractivity contribution in [1.29, 1.82) is 0 Å². The molecule has 26 heavy (non-hydrogen) atoms. The summed E-state index contributed by atoms with van der Waals surface area (Å²) in [5.41, 5.74) is 2.78. The molecular formula is C20H26BNO4. The zero-order valence-corrected chi connectivity index (χ0v) is 16.1. The van der Waals surface area contributed by atoms with E-state index in [0.29, 0.717) is 13.0 Å². The number of carbonyl (C=O) groups excluding carboxylic acids is 2. The quantitative estimate of drug-likeness (QED) is 0.844. The molecule has 1 heterocycles. The van der Waals surface area contributed by atoms with Gasteiger partial charge in [-0.3, -0.25) is 9.59 Å². The first-order valence-electron chi connectivity index (χ1n) is 9.06. The van der Waals surface area contributed by atoms with E-state index in [-0.39, 0.29) is 11.7 Å². The molecule has 1 saturated heterocycles. The van der Waals surface area contributed by atoms with Gasteiger partial charge in [0.15, 0.2) is 5.78 Å². The van der Waals surface area contributed by atoms with Gasteiger partial charge in [0.2, 0.25) is 5.91 Å². The molecule has 2 aliphatic rings. The summed E-state index contributed by atoms with van der Waals surface area (Å²) in [6.07, 6.45) is 3.30. The maximum atomic E-state index is 12.0. The molecule has 3 rings (SSSR count). The first-order chi connectivity index (χ1) is 12.1. The summed E-state index contributed by atoms with van der Waals surface area (Å²) in [7, 11) is -0.542. The fourth-order valence-electron chi connectivity index (χ4n) is 3.28. The van der Waals surface area contributed by atoms with Crippen molar-refractivity contribution in [2.45, 2.75) is 58.7 Å².